The van der Waals surface area contributed by atoms with Gasteiger partial charge >= 0.3 is 5.97 Å². The van der Waals surface area contributed by atoms with Gasteiger partial charge in [0.1, 0.15) is 6.61 Å². The number of hydrogen-bond donors (Lipinski definition) is 0. The van der Waals surface area contributed by atoms with Gasteiger partial charge in [-0.25, -0.2) is 10.3 Å². The van der Waals surface area contributed by atoms with Crippen molar-refractivity contribution in [1.82, 2.24) is 9.96 Å². The van der Waals surface area contributed by atoms with Gasteiger partial charge in [-0.05, 0) is 25.3 Å². The van der Waals surface area contributed by atoms with E-state index in [9.17, 15) is 9.59 Å². The van der Waals surface area contributed by atoms with Gasteiger partial charge in [-0.2, -0.15) is 0 Å². The van der Waals surface area contributed by atoms with Crippen LogP contribution in [0.1, 0.15) is 32.3 Å². The third-order valence-corrected chi connectivity index (χ3v) is 4.40. The Hall–Kier alpha value is -2.43. The molecule has 26 heavy (non-hydrogen) atoms. The number of benzene rings is 1. The van der Waals surface area contributed by atoms with E-state index in [1.807, 2.05) is 30.3 Å². The molecule has 0 aromatic heterocycles. The average molecular weight is 361 g/mol. The summed E-state index contributed by atoms with van der Waals surface area (Å²) in [4.78, 5) is 31.0. The van der Waals surface area contributed by atoms with Crippen LogP contribution in [0.3, 0.4) is 0 Å². The molecule has 2 rings (SSSR count). The Bertz CT molecular complexity index is 591. The van der Waals surface area contributed by atoms with E-state index in [2.05, 4.69) is 18.4 Å². The van der Waals surface area contributed by atoms with Gasteiger partial charge in [-0.1, -0.05) is 30.3 Å². The molecule has 1 heterocycles. The van der Waals surface area contributed by atoms with Gasteiger partial charge in [0.05, 0.1) is 19.7 Å². The van der Waals surface area contributed by atoms with Crippen molar-refractivity contribution in [3.8, 4) is 6.57 Å². The second-order valence-corrected chi connectivity index (χ2v) is 6.18. The van der Waals surface area contributed by atoms with Crippen LogP contribution in [0.4, 0.5) is 0 Å². The molecule has 0 N–H and O–H groups in total. The van der Waals surface area contributed by atoms with Crippen molar-refractivity contribution in [3.05, 3.63) is 35.9 Å². The van der Waals surface area contributed by atoms with Crippen LogP contribution >= 0.6 is 0 Å². The molecule has 1 fully saturated rings. The number of carbonyl (C=O) groups excluding carboxylic acids is 2. The molecule has 1 aliphatic rings. The Balaban J connectivity index is 0.00000163. The zero-order valence-electron chi connectivity index (χ0n) is 15.6. The zero-order valence-corrected chi connectivity index (χ0v) is 15.6. The number of nitriles is 1. The van der Waals surface area contributed by atoms with E-state index in [1.54, 1.807) is 0 Å². The second kappa shape index (κ2) is 11.2. The molecule has 2 unspecified atom stereocenters. The van der Waals surface area contributed by atoms with Crippen LogP contribution in [0.5, 0.6) is 0 Å². The summed E-state index contributed by atoms with van der Waals surface area (Å²) in [6.07, 6.45) is 1.77. The van der Waals surface area contributed by atoms with E-state index >= 15 is 0 Å². The predicted molar refractivity (Wildman–Crippen MR) is 96.5 cm³/mol. The maximum absolute atomic E-state index is 12.1. The molecular formula is C19H27N3O4. The van der Waals surface area contributed by atoms with E-state index in [0.29, 0.717) is 6.54 Å². The first-order chi connectivity index (χ1) is 12.5. The molecule has 0 saturated carbocycles. The molecule has 0 aliphatic carbocycles. The third kappa shape index (κ3) is 6.47. The quantitative estimate of drug-likeness (QED) is 0.570. The van der Waals surface area contributed by atoms with E-state index < -0.39 is 0 Å². The van der Waals surface area contributed by atoms with Gasteiger partial charge in [0.25, 0.3) is 0 Å². The highest BCUT2D eigenvalue weighted by atomic mass is 16.7. The molecule has 7 nitrogen and oxygen atoms in total. The largest absolute Gasteiger partial charge is 0.460 e. The predicted octanol–water partition coefficient (Wildman–Crippen LogP) is 2.13. The standard InChI is InChI=1S/C18H26N2O4.CHN/c1-14-9-10-17(20(23-3)15(2)21)11-19(14)12-18(22)24-13-16-7-5-4-6-8-16;1-2/h4-8,14,17H,9-13H2,1-3H3;1H. The number of esters is 1. The van der Waals surface area contributed by atoms with Gasteiger partial charge in [0, 0.05) is 26.1 Å². The van der Waals surface area contributed by atoms with E-state index in [4.69, 9.17) is 14.8 Å². The van der Waals surface area contributed by atoms with Crippen molar-refractivity contribution in [1.29, 1.82) is 5.26 Å². The summed E-state index contributed by atoms with van der Waals surface area (Å²) in [6, 6.07) is 9.86. The van der Waals surface area contributed by atoms with Gasteiger partial charge in [0.2, 0.25) is 5.91 Å². The summed E-state index contributed by atoms with van der Waals surface area (Å²) in [5, 5.41) is 7.90. The highest BCUT2D eigenvalue weighted by molar-refractivity contribution is 5.73. The molecule has 1 aromatic carbocycles. The molecule has 142 valence electrons. The minimum atomic E-state index is -0.252. The summed E-state index contributed by atoms with van der Waals surface area (Å²) in [7, 11) is 1.50. The highest BCUT2D eigenvalue weighted by Crippen LogP contribution is 2.21. The number of hydrogen-bond acceptors (Lipinski definition) is 6. The van der Waals surface area contributed by atoms with Gasteiger partial charge in [0.15, 0.2) is 0 Å². The minimum Gasteiger partial charge on any atom is -0.460 e. The SMILES string of the molecule is C#N.CON(C(C)=O)C1CCC(C)N(CC(=O)OCc2ccccc2)C1. The van der Waals surface area contributed by atoms with Gasteiger partial charge in [-0.15, -0.1) is 0 Å². The lowest BCUT2D eigenvalue weighted by Gasteiger charge is -2.40. The van der Waals surface area contributed by atoms with Crippen LogP contribution in [0.2, 0.25) is 0 Å². The van der Waals surface area contributed by atoms with Crippen molar-refractivity contribution in [3.63, 3.8) is 0 Å². The molecule has 1 aliphatic heterocycles. The first-order valence-corrected chi connectivity index (χ1v) is 8.54. The fourth-order valence-electron chi connectivity index (χ4n) is 3.05. The number of carbonyl (C=O) groups is 2. The van der Waals surface area contributed by atoms with Crippen molar-refractivity contribution < 1.29 is 19.2 Å². The molecule has 1 aromatic rings. The van der Waals surface area contributed by atoms with Crippen LogP contribution in [0.25, 0.3) is 0 Å². The summed E-state index contributed by atoms with van der Waals surface area (Å²) in [5.74, 6) is -0.373. The first kappa shape index (κ1) is 21.6. The topological polar surface area (TPSA) is 82.9 Å². The highest BCUT2D eigenvalue weighted by Gasteiger charge is 2.32. The first-order valence-electron chi connectivity index (χ1n) is 8.54. The van der Waals surface area contributed by atoms with Crippen molar-refractivity contribution >= 4 is 11.9 Å². The monoisotopic (exact) mass is 361 g/mol. The molecule has 1 saturated heterocycles. The summed E-state index contributed by atoms with van der Waals surface area (Å²) >= 11 is 0. The maximum Gasteiger partial charge on any atom is 0.320 e. The van der Waals surface area contributed by atoms with Crippen LogP contribution in [-0.2, 0) is 25.8 Å². The Kier molecular flexibility index (Phi) is 9.34. The molecular weight excluding hydrogens is 334 g/mol. The lowest BCUT2D eigenvalue weighted by Crippen LogP contribution is -2.53. The van der Waals surface area contributed by atoms with Crippen molar-refractivity contribution in [2.75, 3.05) is 20.2 Å². The Labute approximate surface area is 155 Å². The maximum atomic E-state index is 12.1. The second-order valence-electron chi connectivity index (χ2n) is 6.18. The fourth-order valence-corrected chi connectivity index (χ4v) is 3.05. The molecule has 1 amide bonds. The Morgan fingerprint density at radius 3 is 2.50 bits per heavy atom. The summed E-state index contributed by atoms with van der Waals surface area (Å²) < 4.78 is 5.36. The van der Waals surface area contributed by atoms with Crippen LogP contribution < -0.4 is 0 Å². The number of amides is 1. The van der Waals surface area contributed by atoms with Crippen LogP contribution in [0.15, 0.2) is 30.3 Å². The molecule has 0 radical (unpaired) electrons. The van der Waals surface area contributed by atoms with Crippen molar-refractivity contribution in [2.24, 2.45) is 0 Å². The normalized spacial score (nSPS) is 19.7. The average Bonchev–Trinajstić information content (AvgIpc) is 2.65. The Morgan fingerprint density at radius 1 is 1.27 bits per heavy atom. The molecule has 2 atom stereocenters. The zero-order chi connectivity index (χ0) is 19.5. The number of nitrogens with zero attached hydrogens (tertiary/aromatic N) is 3. The minimum absolute atomic E-state index is 0.0365. The molecule has 0 spiro atoms. The van der Waals surface area contributed by atoms with E-state index in [1.165, 1.54) is 19.1 Å². The van der Waals surface area contributed by atoms with Crippen LogP contribution in [-0.4, -0.2) is 54.1 Å². The van der Waals surface area contributed by atoms with Crippen molar-refractivity contribution in [2.45, 2.75) is 45.4 Å². The Morgan fingerprint density at radius 2 is 1.92 bits per heavy atom. The summed E-state index contributed by atoms with van der Waals surface area (Å²) in [5.41, 5.74) is 0.970. The lowest BCUT2D eigenvalue weighted by atomic mass is 9.99. The number of likely N-dealkylation sites (tertiary alicyclic amines) is 1. The molecule has 0 bridgehead atoms. The number of hydroxylamine groups is 2. The number of rotatable bonds is 6. The number of ether oxygens (including phenoxy) is 1. The molecule has 7 heteroatoms. The van der Waals surface area contributed by atoms with E-state index in [0.717, 1.165) is 18.4 Å². The third-order valence-electron chi connectivity index (χ3n) is 4.40. The van der Waals surface area contributed by atoms with E-state index in [-0.39, 0.29) is 37.1 Å². The number of piperidine rings is 1. The summed E-state index contributed by atoms with van der Waals surface area (Å²) in [6.45, 7) is 8.18. The van der Waals surface area contributed by atoms with Gasteiger partial charge in [-0.3, -0.25) is 19.3 Å². The van der Waals surface area contributed by atoms with Crippen LogP contribution in [0, 0.1) is 11.8 Å². The fraction of sp³-hybridized carbons (Fsp3) is 0.526. The lowest BCUT2D eigenvalue weighted by molar-refractivity contribution is -0.192. The smallest absolute Gasteiger partial charge is 0.320 e. The van der Waals surface area contributed by atoms with Gasteiger partial charge < -0.3 is 4.74 Å².